The van der Waals surface area contributed by atoms with Crippen LogP contribution in [0.3, 0.4) is 0 Å². The van der Waals surface area contributed by atoms with Crippen molar-refractivity contribution in [3.63, 3.8) is 0 Å². The summed E-state index contributed by atoms with van der Waals surface area (Å²) in [5.74, 6) is -0.687. The standard InChI is InChI=1S/C29H36F2N4O6/c1-38-17-28(36)35-10-9-34(18-29(37,19-35)20-41-25-14-23(30)13-24(31)15-25)16-22-4-5-26(39-2)27(12-22)40-11-3-7-33-8-6-32-21-33/h4-6,8,12-15,21,37H,3,7,9-11,16-20H2,1-2H3/t29-/m1/s1. The number of methoxy groups -OCH3 is 2. The number of carbonyl (C=O) groups excluding carboxylic acids is 1. The molecular formula is C29H36F2N4O6. The molecule has 0 saturated carbocycles. The van der Waals surface area contributed by atoms with Crippen molar-refractivity contribution in [2.75, 3.05) is 60.2 Å². The Morgan fingerprint density at radius 2 is 1.85 bits per heavy atom. The number of hydrogen-bond donors (Lipinski definition) is 1. The Balaban J connectivity index is 1.45. The van der Waals surface area contributed by atoms with E-state index in [1.807, 2.05) is 33.9 Å². The zero-order valence-electron chi connectivity index (χ0n) is 23.3. The number of nitrogens with zero attached hydrogens (tertiary/aromatic N) is 4. The minimum atomic E-state index is -1.53. The van der Waals surface area contributed by atoms with E-state index in [1.165, 1.54) is 12.0 Å². The number of halogens is 2. The molecule has 1 aliphatic rings. The number of carbonyl (C=O) groups is 1. The Bertz CT molecular complexity index is 1260. The lowest BCUT2D eigenvalue weighted by atomic mass is 10.0. The van der Waals surface area contributed by atoms with Gasteiger partial charge >= 0.3 is 0 Å². The lowest BCUT2D eigenvalue weighted by Gasteiger charge is -2.33. The van der Waals surface area contributed by atoms with Gasteiger partial charge in [0.25, 0.3) is 0 Å². The summed E-state index contributed by atoms with van der Waals surface area (Å²) in [6.45, 7) is 2.23. The average Bonchev–Trinajstić information content (AvgIpc) is 3.39. The molecule has 1 saturated heterocycles. The van der Waals surface area contributed by atoms with Gasteiger partial charge in [-0.2, -0.15) is 0 Å². The number of aromatic nitrogens is 2. The zero-order valence-corrected chi connectivity index (χ0v) is 23.3. The second-order valence-corrected chi connectivity index (χ2v) is 10.1. The van der Waals surface area contributed by atoms with Gasteiger partial charge in [0, 0.05) is 70.4 Å². The minimum Gasteiger partial charge on any atom is -0.493 e. The maximum Gasteiger partial charge on any atom is 0.248 e. The van der Waals surface area contributed by atoms with E-state index in [0.29, 0.717) is 37.7 Å². The number of benzene rings is 2. The molecule has 10 nitrogen and oxygen atoms in total. The van der Waals surface area contributed by atoms with Crippen molar-refractivity contribution in [3.05, 3.63) is 72.3 Å². The molecule has 1 aliphatic heterocycles. The molecule has 1 aromatic heterocycles. The lowest BCUT2D eigenvalue weighted by Crippen LogP contribution is -2.52. The molecule has 41 heavy (non-hydrogen) atoms. The van der Waals surface area contributed by atoms with Gasteiger partial charge in [-0.05, 0) is 24.1 Å². The van der Waals surface area contributed by atoms with E-state index in [0.717, 1.165) is 36.7 Å². The number of β-amino-alcohol motifs (C(OH)–C–C–N with tert-alkyl or cyclic N) is 1. The second-order valence-electron chi connectivity index (χ2n) is 10.1. The monoisotopic (exact) mass is 574 g/mol. The third-order valence-corrected chi connectivity index (χ3v) is 6.66. The van der Waals surface area contributed by atoms with Crippen LogP contribution >= 0.6 is 0 Å². The Morgan fingerprint density at radius 1 is 1.05 bits per heavy atom. The highest BCUT2D eigenvalue weighted by molar-refractivity contribution is 5.77. The SMILES string of the molecule is COCC(=O)N1CCN(Cc2ccc(OC)c(OCCCn3ccnc3)c2)C[C@](O)(COc2cc(F)cc(F)c2)C1. The first-order valence-electron chi connectivity index (χ1n) is 13.3. The van der Waals surface area contributed by atoms with Crippen LogP contribution in [0.2, 0.25) is 0 Å². The van der Waals surface area contributed by atoms with Gasteiger partial charge in [-0.25, -0.2) is 13.8 Å². The third-order valence-electron chi connectivity index (χ3n) is 6.66. The van der Waals surface area contributed by atoms with Crippen LogP contribution in [0, 0.1) is 11.6 Å². The fourth-order valence-electron chi connectivity index (χ4n) is 4.76. The molecule has 2 heterocycles. The lowest BCUT2D eigenvalue weighted by molar-refractivity contribution is -0.138. The van der Waals surface area contributed by atoms with Crippen molar-refractivity contribution >= 4 is 5.91 Å². The van der Waals surface area contributed by atoms with Crippen LogP contribution in [-0.2, 0) is 22.6 Å². The summed E-state index contributed by atoms with van der Waals surface area (Å²) < 4.78 is 51.5. The summed E-state index contributed by atoms with van der Waals surface area (Å²) in [6.07, 6.45) is 6.17. The minimum absolute atomic E-state index is 0.0304. The van der Waals surface area contributed by atoms with Crippen molar-refractivity contribution in [1.29, 1.82) is 0 Å². The number of rotatable bonds is 13. The van der Waals surface area contributed by atoms with Crippen LogP contribution in [0.5, 0.6) is 17.2 Å². The van der Waals surface area contributed by atoms with E-state index in [4.69, 9.17) is 18.9 Å². The van der Waals surface area contributed by atoms with Gasteiger partial charge in [-0.15, -0.1) is 0 Å². The number of hydrogen-bond acceptors (Lipinski definition) is 8. The van der Waals surface area contributed by atoms with Gasteiger partial charge < -0.3 is 33.5 Å². The van der Waals surface area contributed by atoms with Gasteiger partial charge in [0.2, 0.25) is 5.91 Å². The van der Waals surface area contributed by atoms with Crippen molar-refractivity contribution in [3.8, 4) is 17.2 Å². The predicted octanol–water partition coefficient (Wildman–Crippen LogP) is 2.74. The van der Waals surface area contributed by atoms with E-state index >= 15 is 0 Å². The van der Waals surface area contributed by atoms with Crippen molar-refractivity contribution < 1.29 is 37.6 Å². The van der Waals surface area contributed by atoms with Gasteiger partial charge in [-0.3, -0.25) is 9.69 Å². The van der Waals surface area contributed by atoms with Crippen LogP contribution in [0.15, 0.2) is 55.1 Å². The molecule has 12 heteroatoms. The van der Waals surface area contributed by atoms with Crippen LogP contribution < -0.4 is 14.2 Å². The molecule has 1 amide bonds. The van der Waals surface area contributed by atoms with Gasteiger partial charge in [0.1, 0.15) is 36.2 Å². The second kappa shape index (κ2) is 14.2. The van der Waals surface area contributed by atoms with E-state index in [2.05, 4.69) is 4.98 Å². The number of imidazole rings is 1. The predicted molar refractivity (Wildman–Crippen MR) is 146 cm³/mol. The highest BCUT2D eigenvalue weighted by Gasteiger charge is 2.37. The molecular weight excluding hydrogens is 538 g/mol. The Hall–Kier alpha value is -3.74. The quantitative estimate of drug-likeness (QED) is 0.312. The van der Waals surface area contributed by atoms with Crippen molar-refractivity contribution in [2.45, 2.75) is 25.1 Å². The summed E-state index contributed by atoms with van der Waals surface area (Å²) in [5, 5.41) is 11.6. The van der Waals surface area contributed by atoms with E-state index in [1.54, 1.807) is 19.6 Å². The van der Waals surface area contributed by atoms with Crippen molar-refractivity contribution in [1.82, 2.24) is 19.4 Å². The fraction of sp³-hybridized carbons (Fsp3) is 0.448. The van der Waals surface area contributed by atoms with E-state index < -0.39 is 17.2 Å². The Labute approximate surface area is 238 Å². The molecule has 0 radical (unpaired) electrons. The Morgan fingerprint density at radius 3 is 2.56 bits per heavy atom. The van der Waals surface area contributed by atoms with Gasteiger partial charge in [0.05, 0.1) is 26.6 Å². The summed E-state index contributed by atoms with van der Waals surface area (Å²) >= 11 is 0. The van der Waals surface area contributed by atoms with E-state index in [-0.39, 0.29) is 38.0 Å². The molecule has 2 aromatic carbocycles. The molecule has 3 aromatic rings. The topological polar surface area (TPSA) is 98.5 Å². The Kier molecular flexibility index (Phi) is 10.5. The molecule has 1 N–H and O–H groups in total. The first-order valence-corrected chi connectivity index (χ1v) is 13.3. The molecule has 1 fully saturated rings. The molecule has 0 spiro atoms. The third kappa shape index (κ3) is 8.87. The van der Waals surface area contributed by atoms with Crippen molar-refractivity contribution in [2.24, 2.45) is 0 Å². The number of aliphatic hydroxyl groups is 1. The molecule has 222 valence electrons. The molecule has 0 aliphatic carbocycles. The number of aryl methyl sites for hydroxylation is 1. The molecule has 4 rings (SSSR count). The summed E-state index contributed by atoms with van der Waals surface area (Å²) in [4.78, 5) is 20.2. The first-order chi connectivity index (χ1) is 19.8. The maximum absolute atomic E-state index is 13.7. The highest BCUT2D eigenvalue weighted by Crippen LogP contribution is 2.29. The smallest absolute Gasteiger partial charge is 0.248 e. The number of ether oxygens (including phenoxy) is 4. The highest BCUT2D eigenvalue weighted by atomic mass is 19.1. The van der Waals surface area contributed by atoms with Crippen LogP contribution in [0.4, 0.5) is 8.78 Å². The van der Waals surface area contributed by atoms with Crippen LogP contribution in [0.25, 0.3) is 0 Å². The maximum atomic E-state index is 13.7. The fourth-order valence-corrected chi connectivity index (χ4v) is 4.76. The molecule has 0 bridgehead atoms. The van der Waals surface area contributed by atoms with Crippen LogP contribution in [-0.4, -0.2) is 96.2 Å². The van der Waals surface area contributed by atoms with E-state index in [9.17, 15) is 18.7 Å². The van der Waals surface area contributed by atoms with Crippen LogP contribution in [0.1, 0.15) is 12.0 Å². The van der Waals surface area contributed by atoms with Gasteiger partial charge in [0.15, 0.2) is 11.5 Å². The molecule has 1 atom stereocenters. The summed E-state index contributed by atoms with van der Waals surface area (Å²) in [6, 6.07) is 8.49. The zero-order chi connectivity index (χ0) is 29.2. The normalized spacial score (nSPS) is 17.7. The average molecular weight is 575 g/mol. The summed E-state index contributed by atoms with van der Waals surface area (Å²) in [7, 11) is 3.01. The summed E-state index contributed by atoms with van der Waals surface area (Å²) in [5.41, 5.74) is -0.607. The first kappa shape index (κ1) is 30.2. The largest absolute Gasteiger partial charge is 0.493 e. The molecule has 0 unspecified atom stereocenters. The van der Waals surface area contributed by atoms with Gasteiger partial charge in [-0.1, -0.05) is 6.07 Å². The number of amides is 1.